The van der Waals surface area contributed by atoms with E-state index in [1.54, 1.807) is 0 Å². The summed E-state index contributed by atoms with van der Waals surface area (Å²) in [5.74, 6) is 0.607. The van der Waals surface area contributed by atoms with Crippen molar-refractivity contribution in [3.05, 3.63) is 0 Å². The first-order chi connectivity index (χ1) is 9.99. The third-order valence-electron chi connectivity index (χ3n) is 4.02. The Morgan fingerprint density at radius 1 is 0.864 bits per heavy atom. The summed E-state index contributed by atoms with van der Waals surface area (Å²) in [5.41, 5.74) is 0. The van der Waals surface area contributed by atoms with Crippen molar-refractivity contribution < 1.29 is 40.9 Å². The zero-order valence-electron chi connectivity index (χ0n) is 14.6. The molecule has 0 bridgehead atoms. The molecule has 0 spiro atoms. The van der Waals surface area contributed by atoms with Crippen LogP contribution in [0.1, 0.15) is 79.1 Å². The first-order valence-corrected chi connectivity index (χ1v) is 10.0. The summed E-state index contributed by atoms with van der Waals surface area (Å²) in [6.45, 7) is 8.91. The number of phosphoric ester groups is 1. The van der Waals surface area contributed by atoms with Gasteiger partial charge in [-0.15, -0.1) is 0 Å². The topological polar surface area (TPSA) is 58.6 Å². The molecule has 0 aromatic carbocycles. The van der Waals surface area contributed by atoms with Gasteiger partial charge in [-0.25, -0.2) is 0 Å². The molecular formula is C16H34AgO4P. The minimum atomic E-state index is -4.14. The van der Waals surface area contributed by atoms with Crippen LogP contribution in [0.5, 0.6) is 0 Å². The van der Waals surface area contributed by atoms with Crippen molar-refractivity contribution in [2.45, 2.75) is 79.1 Å². The Hall–Kier alpha value is 0.850. The maximum atomic E-state index is 11.8. The Morgan fingerprint density at radius 2 is 1.23 bits per heavy atom. The molecule has 0 radical (unpaired) electrons. The average Bonchev–Trinajstić information content (AvgIpc) is 2.47. The van der Waals surface area contributed by atoms with E-state index in [4.69, 9.17) is 9.05 Å². The van der Waals surface area contributed by atoms with Gasteiger partial charge in [0.25, 0.3) is 7.82 Å². The summed E-state index contributed by atoms with van der Waals surface area (Å²) >= 11 is 0. The molecule has 0 rings (SSSR count). The van der Waals surface area contributed by atoms with Crippen molar-refractivity contribution in [1.82, 2.24) is 0 Å². The third kappa shape index (κ3) is 13.3. The molecule has 0 amide bonds. The minimum absolute atomic E-state index is 0. The predicted molar refractivity (Wildman–Crippen MR) is 86.1 cm³/mol. The van der Waals surface area contributed by atoms with Crippen molar-refractivity contribution in [2.75, 3.05) is 13.2 Å². The number of hydrogen-bond acceptors (Lipinski definition) is 4. The number of unbranched alkanes of at least 4 members (excludes halogenated alkanes) is 2. The molecule has 138 valence electrons. The van der Waals surface area contributed by atoms with Gasteiger partial charge in [-0.05, 0) is 24.7 Å². The molecule has 0 saturated carbocycles. The van der Waals surface area contributed by atoms with Crippen LogP contribution >= 0.6 is 7.82 Å². The van der Waals surface area contributed by atoms with Crippen LogP contribution < -0.4 is 4.89 Å². The van der Waals surface area contributed by atoms with E-state index in [9.17, 15) is 9.46 Å². The number of phosphoric acid groups is 1. The summed E-state index contributed by atoms with van der Waals surface area (Å²) in [6.07, 6.45) is 8.38. The first-order valence-electron chi connectivity index (χ1n) is 8.59. The van der Waals surface area contributed by atoms with Crippen LogP contribution in [-0.2, 0) is 36.0 Å². The SMILES string of the molecule is CCCCC(CC)COP(=O)([O-])OCC(CC)CCCC.[Ag+]. The summed E-state index contributed by atoms with van der Waals surface area (Å²) in [4.78, 5) is 11.8. The average molecular weight is 429 g/mol. The van der Waals surface area contributed by atoms with Gasteiger partial charge in [0.1, 0.15) is 0 Å². The largest absolute Gasteiger partial charge is 1.00 e. The van der Waals surface area contributed by atoms with Crippen LogP contribution in [0, 0.1) is 11.8 Å². The van der Waals surface area contributed by atoms with Crippen LogP contribution in [0.3, 0.4) is 0 Å². The summed E-state index contributed by atoms with van der Waals surface area (Å²) in [7, 11) is -4.14. The molecule has 0 saturated heterocycles. The van der Waals surface area contributed by atoms with E-state index in [0.717, 1.165) is 51.4 Å². The Labute approximate surface area is 152 Å². The number of rotatable bonds is 14. The van der Waals surface area contributed by atoms with Crippen LogP contribution in [0.4, 0.5) is 0 Å². The van der Waals surface area contributed by atoms with Crippen LogP contribution in [0.25, 0.3) is 0 Å². The monoisotopic (exact) mass is 428 g/mol. The van der Waals surface area contributed by atoms with E-state index in [0.29, 0.717) is 11.8 Å². The molecule has 0 fully saturated rings. The van der Waals surface area contributed by atoms with Crippen molar-refractivity contribution in [2.24, 2.45) is 11.8 Å². The fourth-order valence-corrected chi connectivity index (χ4v) is 3.09. The second-order valence-corrected chi connectivity index (χ2v) is 7.28. The predicted octanol–water partition coefficient (Wildman–Crippen LogP) is 4.92. The van der Waals surface area contributed by atoms with E-state index >= 15 is 0 Å². The van der Waals surface area contributed by atoms with Crippen LogP contribution in [0.2, 0.25) is 0 Å². The summed E-state index contributed by atoms with van der Waals surface area (Å²) < 4.78 is 21.9. The summed E-state index contributed by atoms with van der Waals surface area (Å²) in [5, 5.41) is 0. The van der Waals surface area contributed by atoms with E-state index in [-0.39, 0.29) is 35.6 Å². The molecule has 0 aliphatic carbocycles. The van der Waals surface area contributed by atoms with Crippen molar-refractivity contribution in [3.8, 4) is 0 Å². The van der Waals surface area contributed by atoms with Gasteiger partial charge in [0.15, 0.2) is 0 Å². The Bertz CT molecular complexity index is 265. The smallest absolute Gasteiger partial charge is 0.756 e. The Morgan fingerprint density at radius 3 is 1.50 bits per heavy atom. The molecule has 6 heteroatoms. The second kappa shape index (κ2) is 15.4. The van der Waals surface area contributed by atoms with Gasteiger partial charge in [-0.2, -0.15) is 0 Å². The Balaban J connectivity index is 0. The van der Waals surface area contributed by atoms with E-state index in [1.807, 2.05) is 0 Å². The molecule has 2 atom stereocenters. The maximum absolute atomic E-state index is 11.8. The third-order valence-corrected chi connectivity index (χ3v) is 4.95. The normalized spacial score (nSPS) is 16.6. The van der Waals surface area contributed by atoms with Crippen LogP contribution in [-0.4, -0.2) is 13.2 Å². The van der Waals surface area contributed by atoms with E-state index < -0.39 is 7.82 Å². The van der Waals surface area contributed by atoms with Gasteiger partial charge in [-0.1, -0.05) is 66.2 Å². The quantitative estimate of drug-likeness (QED) is 0.291. The van der Waals surface area contributed by atoms with Gasteiger partial charge in [0.2, 0.25) is 0 Å². The molecule has 4 nitrogen and oxygen atoms in total. The molecule has 0 aromatic heterocycles. The van der Waals surface area contributed by atoms with Gasteiger partial charge in [-0.3, -0.25) is 4.57 Å². The van der Waals surface area contributed by atoms with Crippen molar-refractivity contribution >= 4 is 7.82 Å². The number of hydrogen-bond donors (Lipinski definition) is 0. The molecule has 0 aromatic rings. The van der Waals surface area contributed by atoms with Gasteiger partial charge in [0, 0.05) is 0 Å². The molecule has 2 unspecified atom stereocenters. The van der Waals surface area contributed by atoms with Crippen LogP contribution in [0.15, 0.2) is 0 Å². The Kier molecular flexibility index (Phi) is 17.5. The van der Waals surface area contributed by atoms with Gasteiger partial charge < -0.3 is 13.9 Å². The molecule has 0 heterocycles. The molecule has 22 heavy (non-hydrogen) atoms. The molecule has 0 aliphatic heterocycles. The first kappa shape index (κ1) is 25.1. The van der Waals surface area contributed by atoms with Crippen molar-refractivity contribution in [1.29, 1.82) is 0 Å². The zero-order chi connectivity index (χ0) is 16.1. The standard InChI is InChI=1S/C16H35O4P.Ag/c1-5-9-11-15(7-3)13-19-21(17,18)20-14-16(8-4)12-10-6-2;/h15-16H,5-14H2,1-4H3,(H,17,18);/q;+1/p-1. The minimum Gasteiger partial charge on any atom is -0.756 e. The van der Waals surface area contributed by atoms with Gasteiger partial charge in [0.05, 0.1) is 13.2 Å². The molecular weight excluding hydrogens is 395 g/mol. The van der Waals surface area contributed by atoms with E-state index in [1.165, 1.54) is 0 Å². The fraction of sp³-hybridized carbons (Fsp3) is 1.00. The maximum Gasteiger partial charge on any atom is 1.00 e. The fourth-order valence-electron chi connectivity index (χ4n) is 2.23. The molecule has 0 aliphatic rings. The van der Waals surface area contributed by atoms with E-state index in [2.05, 4.69) is 27.7 Å². The van der Waals surface area contributed by atoms with Gasteiger partial charge >= 0.3 is 22.4 Å². The summed E-state index contributed by atoms with van der Waals surface area (Å²) in [6, 6.07) is 0. The van der Waals surface area contributed by atoms with Crippen molar-refractivity contribution in [3.63, 3.8) is 0 Å². The zero-order valence-corrected chi connectivity index (χ0v) is 17.0. The molecule has 0 N–H and O–H groups in total. The second-order valence-electron chi connectivity index (χ2n) is 5.87.